The molecule has 2 N–H and O–H groups in total. The molecule has 4 aliphatic rings. The summed E-state index contributed by atoms with van der Waals surface area (Å²) in [6, 6.07) is 4.24. The van der Waals surface area contributed by atoms with E-state index >= 15 is 0 Å². The predicted molar refractivity (Wildman–Crippen MR) is 132 cm³/mol. The number of sulfone groups is 1. The van der Waals surface area contributed by atoms with Crippen LogP contribution in [0.4, 0.5) is 5.69 Å². The van der Waals surface area contributed by atoms with E-state index in [-0.39, 0.29) is 51.4 Å². The maximum Gasteiger partial charge on any atom is 0.286 e. The van der Waals surface area contributed by atoms with Crippen molar-refractivity contribution in [1.29, 1.82) is 0 Å². The van der Waals surface area contributed by atoms with Crippen LogP contribution in [0.3, 0.4) is 0 Å². The van der Waals surface area contributed by atoms with Crippen molar-refractivity contribution in [1.82, 2.24) is 4.90 Å². The number of benzene rings is 1. The zero-order valence-corrected chi connectivity index (χ0v) is 21.7. The number of nitrogens with one attached hydrogen (secondary N) is 1. The summed E-state index contributed by atoms with van der Waals surface area (Å²) < 4.78 is 53.4. The average molecular weight is 522 g/mol. The first-order chi connectivity index (χ1) is 16.4. The van der Waals surface area contributed by atoms with Crippen molar-refractivity contribution in [3.8, 4) is 0 Å². The number of rotatable bonds is 6. The third-order valence-electron chi connectivity index (χ3n) is 7.68. The fourth-order valence-corrected chi connectivity index (χ4v) is 8.18. The molecule has 35 heavy (non-hydrogen) atoms. The van der Waals surface area contributed by atoms with Gasteiger partial charge in [-0.1, -0.05) is 19.9 Å². The Morgan fingerprint density at radius 3 is 2.63 bits per heavy atom. The molecule has 0 radical (unpaired) electrons. The third-order valence-corrected chi connectivity index (χ3v) is 9.85. The summed E-state index contributed by atoms with van der Waals surface area (Å²) in [5, 5.41) is 14.3. The van der Waals surface area contributed by atoms with E-state index < -0.39 is 25.8 Å². The highest BCUT2D eigenvalue weighted by atomic mass is 32.2. The summed E-state index contributed by atoms with van der Waals surface area (Å²) in [6.07, 6.45) is 4.87. The minimum atomic E-state index is -4.23. The van der Waals surface area contributed by atoms with Crippen LogP contribution in [0, 0.1) is 23.7 Å². The number of anilines is 1. The van der Waals surface area contributed by atoms with E-state index in [9.17, 15) is 26.7 Å². The molecule has 0 saturated heterocycles. The number of amides is 1. The molecule has 2 aliphatic carbocycles. The van der Waals surface area contributed by atoms with Crippen molar-refractivity contribution in [2.45, 2.75) is 56.2 Å². The van der Waals surface area contributed by atoms with Crippen molar-refractivity contribution < 1.29 is 26.7 Å². The Bertz CT molecular complexity index is 1360. The standard InChI is InChI=1S/C24H31N3O6S2/c1-13(2)8-9-27-21-16-6-5-15(11-16)19(21)22(28)20(24(27)29)23-25-17-7-4-14(12-34(3,30)31)10-18(17)35(32,33)26-23/h4,7,10,13,15-16,19,21,28H,5-6,8-9,11-12H2,1-3H3,(H,25,26)/t15-,16+,19?,21?/m0/s1. The van der Waals surface area contributed by atoms with Gasteiger partial charge < -0.3 is 15.3 Å². The Kier molecular flexibility index (Phi) is 5.78. The van der Waals surface area contributed by atoms with Gasteiger partial charge in [0.2, 0.25) is 0 Å². The van der Waals surface area contributed by atoms with Gasteiger partial charge in [0.15, 0.2) is 15.7 Å². The van der Waals surface area contributed by atoms with E-state index in [0.29, 0.717) is 23.9 Å². The zero-order valence-electron chi connectivity index (χ0n) is 20.1. The molecular weight excluding hydrogens is 490 g/mol. The molecule has 11 heteroatoms. The number of fused-ring (bicyclic) bond motifs is 6. The molecule has 190 valence electrons. The number of aliphatic hydroxyl groups excluding tert-OH is 1. The molecule has 1 amide bonds. The number of carbonyl (C=O) groups excluding carboxylic acids is 1. The second-order valence-electron chi connectivity index (χ2n) is 10.7. The van der Waals surface area contributed by atoms with Crippen LogP contribution >= 0.6 is 0 Å². The lowest BCUT2D eigenvalue weighted by Crippen LogP contribution is -2.54. The summed E-state index contributed by atoms with van der Waals surface area (Å²) in [4.78, 5) is 15.4. The van der Waals surface area contributed by atoms with Crippen LogP contribution in [-0.2, 0) is 30.4 Å². The van der Waals surface area contributed by atoms with Gasteiger partial charge >= 0.3 is 0 Å². The first kappa shape index (κ1) is 24.3. The highest BCUT2D eigenvalue weighted by Gasteiger charge is 2.57. The molecule has 4 atom stereocenters. The lowest BCUT2D eigenvalue weighted by molar-refractivity contribution is -0.133. The van der Waals surface area contributed by atoms with Gasteiger partial charge in [-0.2, -0.15) is 8.42 Å². The Morgan fingerprint density at radius 2 is 1.94 bits per heavy atom. The van der Waals surface area contributed by atoms with E-state index in [4.69, 9.17) is 0 Å². The largest absolute Gasteiger partial charge is 0.511 e. The first-order valence-corrected chi connectivity index (χ1v) is 15.5. The van der Waals surface area contributed by atoms with Crippen molar-refractivity contribution in [2.75, 3.05) is 18.1 Å². The first-order valence-electron chi connectivity index (χ1n) is 12.0. The lowest BCUT2D eigenvalue weighted by Gasteiger charge is -2.44. The SMILES string of the molecule is CC(C)CCN1C(=O)C(C2=NS(=O)(=O)c3cc(CS(C)(=O)=O)ccc3N2)=C(O)C2C1[C@@H]1CC[C@H]2C1. The number of amidine groups is 1. The Morgan fingerprint density at radius 1 is 1.23 bits per heavy atom. The van der Waals surface area contributed by atoms with Crippen LogP contribution < -0.4 is 5.32 Å². The maximum absolute atomic E-state index is 13.7. The summed E-state index contributed by atoms with van der Waals surface area (Å²) in [5.74, 6) is -0.132. The van der Waals surface area contributed by atoms with Gasteiger partial charge in [-0.05, 0) is 61.1 Å². The van der Waals surface area contributed by atoms with Gasteiger partial charge in [0.1, 0.15) is 16.2 Å². The van der Waals surface area contributed by atoms with Gasteiger partial charge in [-0.15, -0.1) is 4.40 Å². The minimum Gasteiger partial charge on any atom is -0.511 e. The second-order valence-corrected chi connectivity index (χ2v) is 14.4. The molecule has 1 aromatic carbocycles. The average Bonchev–Trinajstić information content (AvgIpc) is 3.35. The lowest BCUT2D eigenvalue weighted by atomic mass is 9.77. The van der Waals surface area contributed by atoms with E-state index in [0.717, 1.165) is 31.9 Å². The van der Waals surface area contributed by atoms with Gasteiger partial charge in [0, 0.05) is 24.8 Å². The van der Waals surface area contributed by atoms with Gasteiger partial charge in [-0.3, -0.25) is 4.79 Å². The van der Waals surface area contributed by atoms with Crippen LogP contribution in [0.2, 0.25) is 0 Å². The van der Waals surface area contributed by atoms with Crippen molar-refractivity contribution >= 4 is 37.3 Å². The molecule has 2 saturated carbocycles. The highest BCUT2D eigenvalue weighted by Crippen LogP contribution is 2.55. The van der Waals surface area contributed by atoms with Gasteiger partial charge in [0.25, 0.3) is 15.9 Å². The molecule has 5 rings (SSSR count). The van der Waals surface area contributed by atoms with Crippen LogP contribution in [-0.4, -0.2) is 57.4 Å². The van der Waals surface area contributed by atoms with E-state index in [1.165, 1.54) is 18.2 Å². The van der Waals surface area contributed by atoms with Gasteiger partial charge in [-0.25, -0.2) is 8.42 Å². The summed E-state index contributed by atoms with van der Waals surface area (Å²) in [5.41, 5.74) is 0.455. The fraction of sp³-hybridized carbons (Fsp3) is 0.583. The number of aliphatic hydroxyl groups is 1. The summed E-state index contributed by atoms with van der Waals surface area (Å²) in [6.45, 7) is 4.73. The molecule has 2 aliphatic heterocycles. The Balaban J connectivity index is 1.55. The van der Waals surface area contributed by atoms with Crippen molar-refractivity contribution in [3.63, 3.8) is 0 Å². The molecule has 0 spiro atoms. The number of nitrogens with zero attached hydrogens (tertiary/aromatic N) is 2. The van der Waals surface area contributed by atoms with Crippen LogP contribution in [0.25, 0.3) is 0 Å². The number of hydrogen-bond acceptors (Lipinski definition) is 7. The minimum absolute atomic E-state index is 0.0598. The second kappa shape index (κ2) is 8.33. The van der Waals surface area contributed by atoms with Gasteiger partial charge in [0.05, 0.1) is 11.4 Å². The number of hydrogen-bond donors (Lipinski definition) is 2. The van der Waals surface area contributed by atoms with E-state index in [2.05, 4.69) is 23.6 Å². The molecule has 0 aromatic heterocycles. The quantitative estimate of drug-likeness (QED) is 0.588. The van der Waals surface area contributed by atoms with E-state index in [1.54, 1.807) is 0 Å². The van der Waals surface area contributed by atoms with Crippen LogP contribution in [0.5, 0.6) is 0 Å². The predicted octanol–water partition coefficient (Wildman–Crippen LogP) is 2.86. The fourth-order valence-electron chi connectivity index (χ4n) is 6.22. The normalized spacial score (nSPS) is 29.2. The molecule has 2 unspecified atom stereocenters. The Hall–Kier alpha value is -2.40. The Labute approximate surface area is 206 Å². The molecular formula is C24H31N3O6S2. The van der Waals surface area contributed by atoms with E-state index in [1.807, 2.05) is 4.90 Å². The number of carbonyl (C=O) groups is 1. The van der Waals surface area contributed by atoms with Crippen LogP contribution in [0.1, 0.15) is 45.1 Å². The maximum atomic E-state index is 13.7. The highest BCUT2D eigenvalue weighted by molar-refractivity contribution is 7.90. The number of sulfonamides is 1. The molecule has 2 bridgehead atoms. The van der Waals surface area contributed by atoms with Crippen molar-refractivity contribution in [2.24, 2.45) is 28.1 Å². The smallest absolute Gasteiger partial charge is 0.286 e. The topological polar surface area (TPSA) is 133 Å². The monoisotopic (exact) mass is 521 g/mol. The molecule has 2 heterocycles. The summed E-state index contributed by atoms with van der Waals surface area (Å²) in [7, 11) is -7.58. The third kappa shape index (κ3) is 4.26. The summed E-state index contributed by atoms with van der Waals surface area (Å²) >= 11 is 0. The zero-order chi connectivity index (χ0) is 25.3. The molecule has 1 aromatic rings. The molecule has 9 nitrogen and oxygen atoms in total. The van der Waals surface area contributed by atoms with Crippen LogP contribution in [0.15, 0.2) is 38.8 Å². The van der Waals surface area contributed by atoms with Crippen molar-refractivity contribution in [3.05, 3.63) is 35.1 Å². The molecule has 2 fully saturated rings.